The van der Waals surface area contributed by atoms with Crippen molar-refractivity contribution in [1.29, 1.82) is 5.26 Å². The molecule has 0 atom stereocenters. The van der Waals surface area contributed by atoms with E-state index in [2.05, 4.69) is 0 Å². The maximum atomic E-state index is 12.7. The van der Waals surface area contributed by atoms with Gasteiger partial charge in [-0.15, -0.1) is 0 Å². The zero-order chi connectivity index (χ0) is 22.1. The number of rotatable bonds is 5. The lowest BCUT2D eigenvalue weighted by Gasteiger charge is -2.26. The Labute approximate surface area is 172 Å². The number of aliphatic hydroxyl groups excluding tert-OH is 1. The van der Waals surface area contributed by atoms with E-state index in [9.17, 15) is 23.3 Å². The highest BCUT2D eigenvalue weighted by atomic mass is 32.2. The SMILES string of the molecule is CC1=C(C#N)C(=O)N(CCO)C(=O)/C1=C/c1ccc(-c2ccc(S(N)(=O)=O)cc2)o1. The summed E-state index contributed by atoms with van der Waals surface area (Å²) in [5, 5.41) is 23.5. The zero-order valence-electron chi connectivity index (χ0n) is 15.8. The molecule has 0 saturated heterocycles. The summed E-state index contributed by atoms with van der Waals surface area (Å²) in [5.41, 5.74) is 0.728. The van der Waals surface area contributed by atoms with Crippen molar-refractivity contribution in [2.45, 2.75) is 11.8 Å². The first-order chi connectivity index (χ1) is 14.2. The first-order valence-electron chi connectivity index (χ1n) is 8.70. The Hall–Kier alpha value is -3.52. The third-order valence-electron chi connectivity index (χ3n) is 4.53. The molecular formula is C20H17N3O6S. The van der Waals surface area contributed by atoms with Crippen LogP contribution in [0.2, 0.25) is 0 Å². The van der Waals surface area contributed by atoms with E-state index < -0.39 is 28.4 Å². The lowest BCUT2D eigenvalue weighted by molar-refractivity contribution is -0.140. The molecule has 0 bridgehead atoms. The number of carbonyl (C=O) groups is 2. The molecule has 0 saturated carbocycles. The molecule has 1 aliphatic heterocycles. The average Bonchev–Trinajstić information content (AvgIpc) is 3.17. The molecule has 0 spiro atoms. The molecule has 0 aliphatic carbocycles. The number of hydrogen-bond acceptors (Lipinski definition) is 7. The van der Waals surface area contributed by atoms with E-state index in [4.69, 9.17) is 14.7 Å². The Bertz CT molecular complexity index is 1230. The molecule has 30 heavy (non-hydrogen) atoms. The van der Waals surface area contributed by atoms with E-state index in [1.165, 1.54) is 37.3 Å². The summed E-state index contributed by atoms with van der Waals surface area (Å²) in [6, 6.07) is 10.8. The van der Waals surface area contributed by atoms with Gasteiger partial charge in [0.2, 0.25) is 10.0 Å². The summed E-state index contributed by atoms with van der Waals surface area (Å²) >= 11 is 0. The van der Waals surface area contributed by atoms with Gasteiger partial charge in [0.1, 0.15) is 23.2 Å². The van der Waals surface area contributed by atoms with Crippen LogP contribution in [0.5, 0.6) is 0 Å². The number of carbonyl (C=O) groups excluding carboxylic acids is 2. The first kappa shape index (κ1) is 21.2. The summed E-state index contributed by atoms with van der Waals surface area (Å²) in [4.78, 5) is 25.7. The highest BCUT2D eigenvalue weighted by molar-refractivity contribution is 7.89. The van der Waals surface area contributed by atoms with Gasteiger partial charge in [0.15, 0.2) is 0 Å². The van der Waals surface area contributed by atoms with Crippen molar-refractivity contribution in [3.05, 3.63) is 58.9 Å². The molecule has 1 aromatic heterocycles. The number of hydrogen-bond donors (Lipinski definition) is 2. The summed E-state index contributed by atoms with van der Waals surface area (Å²) < 4.78 is 28.4. The molecule has 10 heteroatoms. The fourth-order valence-electron chi connectivity index (χ4n) is 2.97. The quantitative estimate of drug-likeness (QED) is 0.536. The number of amides is 2. The van der Waals surface area contributed by atoms with Crippen LogP contribution < -0.4 is 5.14 Å². The number of imide groups is 1. The van der Waals surface area contributed by atoms with E-state index in [0.29, 0.717) is 17.1 Å². The predicted molar refractivity (Wildman–Crippen MR) is 106 cm³/mol. The standard InChI is InChI=1S/C20H17N3O6S/c1-12-16(19(25)23(8-9-24)20(26)17(12)11-21)10-14-4-7-18(29-14)13-2-5-15(6-3-13)30(22,27)28/h2-7,10,24H,8-9H2,1H3,(H2,22,27,28)/b16-10+. The lowest BCUT2D eigenvalue weighted by Crippen LogP contribution is -2.44. The van der Waals surface area contributed by atoms with Crippen LogP contribution in [0.4, 0.5) is 0 Å². The predicted octanol–water partition coefficient (Wildman–Crippen LogP) is 1.18. The van der Waals surface area contributed by atoms with Crippen molar-refractivity contribution < 1.29 is 27.5 Å². The van der Waals surface area contributed by atoms with Crippen LogP contribution in [0.1, 0.15) is 12.7 Å². The van der Waals surface area contributed by atoms with Crippen molar-refractivity contribution in [1.82, 2.24) is 4.90 Å². The Morgan fingerprint density at radius 1 is 1.17 bits per heavy atom. The fraction of sp³-hybridized carbons (Fsp3) is 0.150. The van der Waals surface area contributed by atoms with Gasteiger partial charge in [-0.2, -0.15) is 5.26 Å². The second-order valence-electron chi connectivity index (χ2n) is 6.43. The van der Waals surface area contributed by atoms with Gasteiger partial charge in [0.25, 0.3) is 11.8 Å². The number of sulfonamides is 1. The molecule has 9 nitrogen and oxygen atoms in total. The van der Waals surface area contributed by atoms with Gasteiger partial charge in [0, 0.05) is 11.1 Å². The molecule has 3 N–H and O–H groups in total. The smallest absolute Gasteiger partial charge is 0.271 e. The second-order valence-corrected chi connectivity index (χ2v) is 7.99. The van der Waals surface area contributed by atoms with Crippen LogP contribution in [-0.2, 0) is 19.6 Å². The minimum atomic E-state index is -3.81. The number of aliphatic hydroxyl groups is 1. The molecule has 0 radical (unpaired) electrons. The Morgan fingerprint density at radius 3 is 2.40 bits per heavy atom. The number of furan rings is 1. The minimum absolute atomic E-state index is 0.0358. The molecular weight excluding hydrogens is 410 g/mol. The highest BCUT2D eigenvalue weighted by Crippen LogP contribution is 2.29. The number of nitrogens with two attached hydrogens (primary N) is 1. The van der Waals surface area contributed by atoms with Crippen LogP contribution in [0.25, 0.3) is 17.4 Å². The molecule has 3 rings (SSSR count). The third kappa shape index (κ3) is 3.95. The maximum Gasteiger partial charge on any atom is 0.271 e. The molecule has 2 heterocycles. The average molecular weight is 427 g/mol. The summed E-state index contributed by atoms with van der Waals surface area (Å²) in [7, 11) is -3.81. The zero-order valence-corrected chi connectivity index (χ0v) is 16.6. The summed E-state index contributed by atoms with van der Waals surface area (Å²) in [5.74, 6) is -0.683. The van der Waals surface area contributed by atoms with E-state index in [1.807, 2.05) is 0 Å². The first-order valence-corrected chi connectivity index (χ1v) is 10.2. The number of primary sulfonamides is 1. The number of β-amino-alcohol motifs (C(OH)–C–C–N with tert-alkyl or cyclic N) is 1. The Balaban J connectivity index is 1.98. The topological polar surface area (TPSA) is 155 Å². The number of nitriles is 1. The minimum Gasteiger partial charge on any atom is -0.457 e. The van der Waals surface area contributed by atoms with Gasteiger partial charge in [-0.05, 0) is 55.0 Å². The number of benzene rings is 1. The lowest BCUT2D eigenvalue weighted by atomic mass is 9.95. The Kier molecular flexibility index (Phi) is 5.71. The van der Waals surface area contributed by atoms with Crippen LogP contribution in [-0.4, -0.2) is 43.4 Å². The van der Waals surface area contributed by atoms with E-state index in [1.54, 1.807) is 18.2 Å². The van der Waals surface area contributed by atoms with Crippen LogP contribution in [0.15, 0.2) is 62.4 Å². The fourth-order valence-corrected chi connectivity index (χ4v) is 3.48. The largest absolute Gasteiger partial charge is 0.457 e. The van der Waals surface area contributed by atoms with Crippen molar-refractivity contribution >= 4 is 27.9 Å². The summed E-state index contributed by atoms with van der Waals surface area (Å²) in [6.45, 7) is 0.835. The Morgan fingerprint density at radius 2 is 1.83 bits per heavy atom. The van der Waals surface area contributed by atoms with Crippen molar-refractivity contribution in [2.75, 3.05) is 13.2 Å². The van der Waals surface area contributed by atoms with Gasteiger partial charge >= 0.3 is 0 Å². The molecule has 0 fully saturated rings. The van der Waals surface area contributed by atoms with Gasteiger partial charge in [-0.25, -0.2) is 13.6 Å². The van der Waals surface area contributed by atoms with Gasteiger partial charge in [-0.3, -0.25) is 14.5 Å². The van der Waals surface area contributed by atoms with E-state index in [0.717, 1.165) is 4.90 Å². The van der Waals surface area contributed by atoms with Crippen molar-refractivity contribution in [3.8, 4) is 17.4 Å². The molecule has 1 aliphatic rings. The van der Waals surface area contributed by atoms with Gasteiger partial charge in [-0.1, -0.05) is 0 Å². The van der Waals surface area contributed by atoms with E-state index in [-0.39, 0.29) is 28.2 Å². The van der Waals surface area contributed by atoms with Crippen LogP contribution >= 0.6 is 0 Å². The molecule has 2 amide bonds. The second kappa shape index (κ2) is 8.08. The molecule has 2 aromatic rings. The van der Waals surface area contributed by atoms with Crippen LogP contribution in [0, 0.1) is 11.3 Å². The molecule has 1 aromatic carbocycles. The normalized spacial score (nSPS) is 16.3. The van der Waals surface area contributed by atoms with Crippen molar-refractivity contribution in [2.24, 2.45) is 5.14 Å². The maximum absolute atomic E-state index is 12.7. The monoisotopic (exact) mass is 427 g/mol. The van der Waals surface area contributed by atoms with Crippen molar-refractivity contribution in [3.63, 3.8) is 0 Å². The number of nitrogens with zero attached hydrogens (tertiary/aromatic N) is 2. The van der Waals surface area contributed by atoms with Crippen LogP contribution in [0.3, 0.4) is 0 Å². The molecule has 154 valence electrons. The van der Waals surface area contributed by atoms with Gasteiger partial charge < -0.3 is 9.52 Å². The van der Waals surface area contributed by atoms with E-state index >= 15 is 0 Å². The summed E-state index contributed by atoms with van der Waals surface area (Å²) in [6.07, 6.45) is 1.41. The third-order valence-corrected chi connectivity index (χ3v) is 5.46. The molecule has 0 unspecified atom stereocenters. The highest BCUT2D eigenvalue weighted by Gasteiger charge is 2.35. The van der Waals surface area contributed by atoms with Gasteiger partial charge in [0.05, 0.1) is 18.0 Å².